The summed E-state index contributed by atoms with van der Waals surface area (Å²) in [5.41, 5.74) is 0.939. The summed E-state index contributed by atoms with van der Waals surface area (Å²) in [6.45, 7) is 2.96. The fraction of sp³-hybridized carbons (Fsp3) is 0.571. The third-order valence-corrected chi connectivity index (χ3v) is 5.03. The van der Waals surface area contributed by atoms with Crippen molar-refractivity contribution >= 4 is 15.7 Å². The van der Waals surface area contributed by atoms with E-state index in [0.29, 0.717) is 4.90 Å². The number of hydrogen-bond donors (Lipinski definition) is 2. The van der Waals surface area contributed by atoms with E-state index < -0.39 is 10.0 Å². The van der Waals surface area contributed by atoms with Gasteiger partial charge in [0.25, 0.3) is 0 Å². The first-order chi connectivity index (χ1) is 9.55. The van der Waals surface area contributed by atoms with Crippen LogP contribution in [0.5, 0.6) is 0 Å². The molecule has 20 heavy (non-hydrogen) atoms. The molecule has 0 aliphatic heterocycles. The summed E-state index contributed by atoms with van der Waals surface area (Å²) in [5.74, 6) is 0. The first-order valence-electron chi connectivity index (χ1n) is 6.94. The van der Waals surface area contributed by atoms with Crippen molar-refractivity contribution in [3.05, 3.63) is 24.3 Å². The molecule has 1 aromatic rings. The highest BCUT2D eigenvalue weighted by Gasteiger charge is 2.32. The highest BCUT2D eigenvalue weighted by molar-refractivity contribution is 7.89. The normalized spacial score (nSPS) is 22.3. The summed E-state index contributed by atoms with van der Waals surface area (Å²) < 4.78 is 32.2. The Morgan fingerprint density at radius 2 is 1.90 bits per heavy atom. The van der Waals surface area contributed by atoms with Gasteiger partial charge in [-0.3, -0.25) is 0 Å². The van der Waals surface area contributed by atoms with Crippen LogP contribution in [-0.4, -0.2) is 34.2 Å². The summed E-state index contributed by atoms with van der Waals surface area (Å²) in [5, 5.41) is 3.22. The molecule has 1 saturated carbocycles. The van der Waals surface area contributed by atoms with Crippen LogP contribution in [0.4, 0.5) is 5.69 Å². The molecule has 0 heterocycles. The van der Waals surface area contributed by atoms with Crippen LogP contribution < -0.4 is 10.0 Å². The minimum absolute atomic E-state index is 0.0113. The van der Waals surface area contributed by atoms with Gasteiger partial charge in [0.15, 0.2) is 0 Å². The standard InChI is InChI=1S/C14H22N2O3S/c1-3-8-15-11-4-6-14(7-5-11)20(17,18)16-12-9-13(10-12)19-2/h4-7,12-13,15-16H,3,8-10H2,1-2H3. The summed E-state index contributed by atoms with van der Waals surface area (Å²) in [6.07, 6.45) is 2.70. The molecule has 2 N–H and O–H groups in total. The number of benzene rings is 1. The molecule has 2 rings (SSSR count). The van der Waals surface area contributed by atoms with E-state index in [1.807, 2.05) is 0 Å². The Morgan fingerprint density at radius 1 is 1.25 bits per heavy atom. The van der Waals surface area contributed by atoms with E-state index in [2.05, 4.69) is 17.0 Å². The lowest BCUT2D eigenvalue weighted by molar-refractivity contribution is 0.0236. The van der Waals surface area contributed by atoms with Crippen molar-refractivity contribution in [1.29, 1.82) is 0 Å². The molecule has 1 aliphatic carbocycles. The lowest BCUT2D eigenvalue weighted by atomic mass is 9.90. The average molecular weight is 298 g/mol. The molecule has 0 saturated heterocycles. The largest absolute Gasteiger partial charge is 0.385 e. The number of sulfonamides is 1. The topological polar surface area (TPSA) is 67.4 Å². The molecule has 0 radical (unpaired) electrons. The van der Waals surface area contributed by atoms with E-state index in [9.17, 15) is 8.42 Å². The lowest BCUT2D eigenvalue weighted by Gasteiger charge is -2.34. The number of nitrogens with one attached hydrogen (secondary N) is 2. The van der Waals surface area contributed by atoms with Gasteiger partial charge in [-0.15, -0.1) is 0 Å². The average Bonchev–Trinajstić information content (AvgIpc) is 2.40. The van der Waals surface area contributed by atoms with Crippen molar-refractivity contribution in [1.82, 2.24) is 4.72 Å². The predicted octanol–water partition coefficient (Wildman–Crippen LogP) is 1.96. The zero-order valence-electron chi connectivity index (χ0n) is 11.9. The van der Waals surface area contributed by atoms with Crippen molar-refractivity contribution in [3.63, 3.8) is 0 Å². The van der Waals surface area contributed by atoms with E-state index in [0.717, 1.165) is 31.5 Å². The third-order valence-electron chi connectivity index (χ3n) is 3.49. The number of methoxy groups -OCH3 is 1. The van der Waals surface area contributed by atoms with Gasteiger partial charge in [-0.2, -0.15) is 0 Å². The van der Waals surface area contributed by atoms with Crippen LogP contribution in [0.15, 0.2) is 29.2 Å². The zero-order chi connectivity index (χ0) is 14.6. The molecule has 5 nitrogen and oxygen atoms in total. The van der Waals surface area contributed by atoms with E-state index >= 15 is 0 Å². The Kier molecular flexibility index (Phi) is 5.01. The van der Waals surface area contributed by atoms with Gasteiger partial charge in [-0.1, -0.05) is 6.92 Å². The van der Waals surface area contributed by atoms with Gasteiger partial charge in [0.05, 0.1) is 11.0 Å². The molecule has 6 heteroatoms. The van der Waals surface area contributed by atoms with Gasteiger partial charge >= 0.3 is 0 Å². The lowest BCUT2D eigenvalue weighted by Crippen LogP contribution is -2.47. The Morgan fingerprint density at radius 3 is 2.45 bits per heavy atom. The van der Waals surface area contributed by atoms with E-state index in [1.165, 1.54) is 0 Å². The van der Waals surface area contributed by atoms with Crippen molar-refractivity contribution < 1.29 is 13.2 Å². The van der Waals surface area contributed by atoms with Gasteiger partial charge in [-0.25, -0.2) is 13.1 Å². The predicted molar refractivity (Wildman–Crippen MR) is 79.4 cm³/mol. The highest BCUT2D eigenvalue weighted by Crippen LogP contribution is 2.24. The first kappa shape index (κ1) is 15.3. The van der Waals surface area contributed by atoms with Crippen molar-refractivity contribution in [2.75, 3.05) is 19.0 Å². The van der Waals surface area contributed by atoms with Gasteiger partial charge < -0.3 is 10.1 Å². The Labute approximate surface area is 120 Å². The maximum Gasteiger partial charge on any atom is 0.240 e. The fourth-order valence-electron chi connectivity index (χ4n) is 2.16. The van der Waals surface area contributed by atoms with Crippen LogP contribution in [-0.2, 0) is 14.8 Å². The number of anilines is 1. The molecule has 0 bridgehead atoms. The molecule has 0 amide bonds. The second-order valence-corrected chi connectivity index (χ2v) is 6.81. The van der Waals surface area contributed by atoms with Crippen LogP contribution in [0.1, 0.15) is 26.2 Å². The molecule has 1 aliphatic rings. The van der Waals surface area contributed by atoms with Crippen LogP contribution in [0.25, 0.3) is 0 Å². The number of ether oxygens (including phenoxy) is 1. The van der Waals surface area contributed by atoms with Crippen LogP contribution >= 0.6 is 0 Å². The maximum absolute atomic E-state index is 12.2. The van der Waals surface area contributed by atoms with Crippen molar-refractivity contribution in [3.8, 4) is 0 Å². The summed E-state index contributed by atoms with van der Waals surface area (Å²) in [6, 6.07) is 6.84. The zero-order valence-corrected chi connectivity index (χ0v) is 12.7. The minimum Gasteiger partial charge on any atom is -0.385 e. The molecule has 1 aromatic carbocycles. The number of rotatable bonds is 7. The molecule has 0 spiro atoms. The van der Waals surface area contributed by atoms with Crippen molar-refractivity contribution in [2.24, 2.45) is 0 Å². The summed E-state index contributed by atoms with van der Waals surface area (Å²) in [7, 11) is -1.77. The Bertz CT molecular complexity index is 522. The molecule has 1 fully saturated rings. The molecule has 0 aromatic heterocycles. The van der Waals surface area contributed by atoms with E-state index in [4.69, 9.17) is 4.74 Å². The first-order valence-corrected chi connectivity index (χ1v) is 8.42. The molecule has 112 valence electrons. The van der Waals surface area contributed by atoms with Gasteiger partial charge in [0.1, 0.15) is 0 Å². The number of hydrogen-bond acceptors (Lipinski definition) is 4. The van der Waals surface area contributed by atoms with Gasteiger partial charge in [-0.05, 0) is 43.5 Å². The molecular weight excluding hydrogens is 276 g/mol. The minimum atomic E-state index is -3.42. The quantitative estimate of drug-likeness (QED) is 0.807. The summed E-state index contributed by atoms with van der Waals surface area (Å²) in [4.78, 5) is 0.306. The SMILES string of the molecule is CCCNc1ccc(S(=O)(=O)NC2CC(OC)C2)cc1. The summed E-state index contributed by atoms with van der Waals surface area (Å²) >= 11 is 0. The monoisotopic (exact) mass is 298 g/mol. The van der Waals surface area contributed by atoms with Gasteiger partial charge in [0.2, 0.25) is 10.0 Å². The molecular formula is C14H22N2O3S. The van der Waals surface area contributed by atoms with E-state index in [1.54, 1.807) is 31.4 Å². The van der Waals surface area contributed by atoms with Crippen LogP contribution in [0.2, 0.25) is 0 Å². The van der Waals surface area contributed by atoms with Crippen LogP contribution in [0, 0.1) is 0 Å². The Hall–Kier alpha value is -1.11. The molecule has 0 atom stereocenters. The maximum atomic E-state index is 12.2. The van der Waals surface area contributed by atoms with E-state index in [-0.39, 0.29) is 12.1 Å². The third kappa shape index (κ3) is 3.71. The van der Waals surface area contributed by atoms with Crippen LogP contribution in [0.3, 0.4) is 0 Å². The second kappa shape index (κ2) is 6.56. The fourth-order valence-corrected chi connectivity index (χ4v) is 3.42. The smallest absolute Gasteiger partial charge is 0.240 e. The Balaban J connectivity index is 1.95. The second-order valence-electron chi connectivity index (χ2n) is 5.10. The molecule has 0 unspecified atom stereocenters. The van der Waals surface area contributed by atoms with Gasteiger partial charge in [0, 0.05) is 25.4 Å². The highest BCUT2D eigenvalue weighted by atomic mass is 32.2. The van der Waals surface area contributed by atoms with Crippen molar-refractivity contribution in [2.45, 2.75) is 43.2 Å².